The van der Waals surface area contributed by atoms with Crippen molar-refractivity contribution in [3.63, 3.8) is 0 Å². The number of thiophene rings is 1. The van der Waals surface area contributed by atoms with Crippen LogP contribution in [0.2, 0.25) is 0 Å². The first-order valence-corrected chi connectivity index (χ1v) is 6.95. The van der Waals surface area contributed by atoms with E-state index in [1.807, 2.05) is 11.3 Å². The molecule has 16 heavy (non-hydrogen) atoms. The van der Waals surface area contributed by atoms with Crippen LogP contribution in [0.4, 0.5) is 0 Å². The molecule has 0 fully saturated rings. The Balaban J connectivity index is 2.59. The largest absolute Gasteiger partial charge is 0.327 e. The zero-order valence-corrected chi connectivity index (χ0v) is 12.0. The molecule has 0 aliphatic carbocycles. The molecule has 92 valence electrons. The Bertz CT molecular complexity index is 320. The van der Waals surface area contributed by atoms with Gasteiger partial charge in [0, 0.05) is 15.8 Å². The molecule has 0 saturated carbocycles. The third kappa shape index (κ3) is 4.26. The fraction of sp³-hybridized carbons (Fsp3) is 0.714. The van der Waals surface area contributed by atoms with Crippen molar-refractivity contribution < 1.29 is 0 Å². The Labute approximate surface area is 104 Å². The first kappa shape index (κ1) is 13.7. The second kappa shape index (κ2) is 5.33. The number of rotatable bonds is 4. The fourth-order valence-electron chi connectivity index (χ4n) is 1.84. The van der Waals surface area contributed by atoms with Crippen molar-refractivity contribution in [2.24, 2.45) is 11.7 Å². The van der Waals surface area contributed by atoms with E-state index in [9.17, 15) is 0 Å². The van der Waals surface area contributed by atoms with Gasteiger partial charge in [0.2, 0.25) is 0 Å². The van der Waals surface area contributed by atoms with Crippen LogP contribution >= 0.6 is 11.3 Å². The summed E-state index contributed by atoms with van der Waals surface area (Å²) in [4.78, 5) is 2.89. The average Bonchev–Trinajstić information content (AvgIpc) is 2.49. The van der Waals surface area contributed by atoms with Gasteiger partial charge in [-0.2, -0.15) is 0 Å². The van der Waals surface area contributed by atoms with Gasteiger partial charge in [-0.25, -0.2) is 0 Å². The van der Waals surface area contributed by atoms with E-state index in [4.69, 9.17) is 5.73 Å². The van der Waals surface area contributed by atoms with Crippen LogP contribution in [0.5, 0.6) is 0 Å². The standard InChI is InChI=1S/C14H25NS/c1-10(2)8-11(15)9-12-6-7-13(16-12)14(3,4)5/h6-7,10-11H,8-9,15H2,1-5H3. The lowest BCUT2D eigenvalue weighted by Gasteiger charge is -2.16. The van der Waals surface area contributed by atoms with Crippen LogP contribution < -0.4 is 5.73 Å². The lowest BCUT2D eigenvalue weighted by Crippen LogP contribution is -2.24. The van der Waals surface area contributed by atoms with Crippen molar-refractivity contribution in [1.29, 1.82) is 0 Å². The molecule has 0 amide bonds. The Morgan fingerprint density at radius 3 is 2.31 bits per heavy atom. The topological polar surface area (TPSA) is 26.0 Å². The van der Waals surface area contributed by atoms with E-state index in [0.717, 1.165) is 12.8 Å². The van der Waals surface area contributed by atoms with Gasteiger partial charge in [0.25, 0.3) is 0 Å². The summed E-state index contributed by atoms with van der Waals surface area (Å²) in [6.45, 7) is 11.2. The summed E-state index contributed by atoms with van der Waals surface area (Å²) in [6.07, 6.45) is 2.14. The Morgan fingerprint density at radius 1 is 1.25 bits per heavy atom. The highest BCUT2D eigenvalue weighted by molar-refractivity contribution is 7.12. The predicted molar refractivity (Wildman–Crippen MR) is 74.2 cm³/mol. The van der Waals surface area contributed by atoms with Crippen LogP contribution in [-0.4, -0.2) is 6.04 Å². The molecule has 1 atom stereocenters. The van der Waals surface area contributed by atoms with Gasteiger partial charge in [-0.1, -0.05) is 34.6 Å². The van der Waals surface area contributed by atoms with Crippen LogP contribution in [0.25, 0.3) is 0 Å². The van der Waals surface area contributed by atoms with Crippen molar-refractivity contribution in [3.05, 3.63) is 21.9 Å². The van der Waals surface area contributed by atoms with Crippen LogP contribution in [0.15, 0.2) is 12.1 Å². The first-order valence-electron chi connectivity index (χ1n) is 6.14. The van der Waals surface area contributed by atoms with Crippen molar-refractivity contribution in [2.75, 3.05) is 0 Å². The second-order valence-electron chi connectivity index (χ2n) is 6.11. The molecule has 0 aliphatic heterocycles. The van der Waals surface area contributed by atoms with Crippen LogP contribution in [0.3, 0.4) is 0 Å². The van der Waals surface area contributed by atoms with E-state index in [1.165, 1.54) is 9.75 Å². The maximum atomic E-state index is 6.13. The minimum Gasteiger partial charge on any atom is -0.327 e. The van der Waals surface area contributed by atoms with Gasteiger partial charge in [-0.3, -0.25) is 0 Å². The molecule has 2 N–H and O–H groups in total. The number of hydrogen-bond acceptors (Lipinski definition) is 2. The molecule has 1 heterocycles. The molecule has 0 aromatic carbocycles. The van der Waals surface area contributed by atoms with Gasteiger partial charge < -0.3 is 5.73 Å². The van der Waals surface area contributed by atoms with Gasteiger partial charge in [0.15, 0.2) is 0 Å². The smallest absolute Gasteiger partial charge is 0.0102 e. The molecule has 0 spiro atoms. The molecule has 0 saturated heterocycles. The van der Waals surface area contributed by atoms with Crippen molar-refractivity contribution in [1.82, 2.24) is 0 Å². The van der Waals surface area contributed by atoms with Gasteiger partial charge in [-0.15, -0.1) is 11.3 Å². The Kier molecular flexibility index (Phi) is 4.57. The predicted octanol–water partition coefficient (Wildman–Crippen LogP) is 3.96. The number of hydrogen-bond donors (Lipinski definition) is 1. The second-order valence-corrected chi connectivity index (χ2v) is 7.28. The SMILES string of the molecule is CC(C)CC(N)Cc1ccc(C(C)(C)C)s1. The minimum absolute atomic E-state index is 0.269. The van der Waals surface area contributed by atoms with E-state index in [1.54, 1.807) is 0 Å². The maximum absolute atomic E-state index is 6.13. The zero-order chi connectivity index (χ0) is 12.3. The first-order chi connectivity index (χ1) is 7.29. The molecular weight excluding hydrogens is 214 g/mol. The maximum Gasteiger partial charge on any atom is 0.0102 e. The summed E-state index contributed by atoms with van der Waals surface area (Å²) in [5.74, 6) is 0.692. The normalized spacial score (nSPS) is 14.4. The Hall–Kier alpha value is -0.340. The van der Waals surface area contributed by atoms with Crippen LogP contribution in [0.1, 0.15) is 50.8 Å². The van der Waals surface area contributed by atoms with Gasteiger partial charge in [0.05, 0.1) is 0 Å². The van der Waals surface area contributed by atoms with Crippen molar-refractivity contribution in [2.45, 2.75) is 58.9 Å². The molecule has 1 nitrogen and oxygen atoms in total. The summed E-state index contributed by atoms with van der Waals surface area (Å²) >= 11 is 1.92. The molecule has 1 aromatic rings. The summed E-state index contributed by atoms with van der Waals surface area (Å²) in [6, 6.07) is 4.81. The number of nitrogens with two attached hydrogens (primary N) is 1. The average molecular weight is 239 g/mol. The van der Waals surface area contributed by atoms with E-state index in [0.29, 0.717) is 12.0 Å². The van der Waals surface area contributed by atoms with Crippen molar-refractivity contribution in [3.8, 4) is 0 Å². The highest BCUT2D eigenvalue weighted by Crippen LogP contribution is 2.30. The van der Waals surface area contributed by atoms with E-state index < -0.39 is 0 Å². The Morgan fingerprint density at radius 2 is 1.88 bits per heavy atom. The molecule has 0 radical (unpaired) electrons. The van der Waals surface area contributed by atoms with Gasteiger partial charge in [-0.05, 0) is 36.3 Å². The molecule has 0 bridgehead atoms. The minimum atomic E-state index is 0.269. The highest BCUT2D eigenvalue weighted by Gasteiger charge is 2.17. The quantitative estimate of drug-likeness (QED) is 0.845. The monoisotopic (exact) mass is 239 g/mol. The molecule has 1 aromatic heterocycles. The third-order valence-electron chi connectivity index (χ3n) is 2.64. The lowest BCUT2D eigenvalue weighted by molar-refractivity contribution is 0.495. The van der Waals surface area contributed by atoms with E-state index in [-0.39, 0.29) is 5.41 Å². The molecule has 1 unspecified atom stereocenters. The molecule has 0 aliphatic rings. The summed E-state index contributed by atoms with van der Waals surface area (Å²) in [5.41, 5.74) is 6.40. The van der Waals surface area contributed by atoms with Gasteiger partial charge >= 0.3 is 0 Å². The van der Waals surface area contributed by atoms with E-state index in [2.05, 4.69) is 46.8 Å². The zero-order valence-electron chi connectivity index (χ0n) is 11.2. The van der Waals surface area contributed by atoms with Gasteiger partial charge in [0.1, 0.15) is 0 Å². The highest BCUT2D eigenvalue weighted by atomic mass is 32.1. The molecule has 1 rings (SSSR count). The van der Waals surface area contributed by atoms with Crippen LogP contribution in [0, 0.1) is 5.92 Å². The summed E-state index contributed by atoms with van der Waals surface area (Å²) < 4.78 is 0. The van der Waals surface area contributed by atoms with Crippen molar-refractivity contribution >= 4 is 11.3 Å². The molecular formula is C14H25NS. The third-order valence-corrected chi connectivity index (χ3v) is 4.17. The molecule has 2 heteroatoms. The summed E-state index contributed by atoms with van der Waals surface area (Å²) in [5, 5.41) is 0. The fourth-order valence-corrected chi connectivity index (χ4v) is 3.00. The van der Waals surface area contributed by atoms with E-state index >= 15 is 0 Å². The summed E-state index contributed by atoms with van der Waals surface area (Å²) in [7, 11) is 0. The van der Waals surface area contributed by atoms with Crippen LogP contribution in [-0.2, 0) is 11.8 Å². The lowest BCUT2D eigenvalue weighted by atomic mass is 9.95.